The summed E-state index contributed by atoms with van der Waals surface area (Å²) < 4.78 is 14.5. The lowest BCUT2D eigenvalue weighted by atomic mass is 10.1. The van der Waals surface area contributed by atoms with Gasteiger partial charge in [0.15, 0.2) is 6.61 Å². The van der Waals surface area contributed by atoms with Crippen molar-refractivity contribution in [3.05, 3.63) is 42.5 Å². The predicted octanol–water partition coefficient (Wildman–Crippen LogP) is 4.15. The van der Waals surface area contributed by atoms with Gasteiger partial charge in [0, 0.05) is 19.2 Å². The molecule has 0 aliphatic heterocycles. The van der Waals surface area contributed by atoms with Crippen LogP contribution in [0, 0.1) is 0 Å². The molecule has 0 saturated carbocycles. The number of fused-ring (bicyclic) bond motifs is 4. The van der Waals surface area contributed by atoms with Crippen molar-refractivity contribution in [1.82, 2.24) is 15.1 Å². The summed E-state index contributed by atoms with van der Waals surface area (Å²) in [5.74, 6) is 0.527. The summed E-state index contributed by atoms with van der Waals surface area (Å²) in [5, 5.41) is 8.70. The van der Waals surface area contributed by atoms with Crippen LogP contribution in [0.25, 0.3) is 33.0 Å². The van der Waals surface area contributed by atoms with Crippen LogP contribution in [-0.4, -0.2) is 75.7 Å². The maximum absolute atomic E-state index is 12.3. The third-order valence-corrected chi connectivity index (χ3v) is 7.05. The molecule has 0 atom stereocenters. The third-order valence-electron chi connectivity index (χ3n) is 7.05. The molecule has 2 heterocycles. The predicted molar refractivity (Wildman–Crippen MR) is 155 cm³/mol. The number of amides is 1. The minimum atomic E-state index is -0.117. The number of nitrogens with one attached hydrogen (secondary N) is 2. The molecule has 8 nitrogen and oxygen atoms in total. The van der Waals surface area contributed by atoms with Crippen molar-refractivity contribution in [2.24, 2.45) is 7.05 Å². The first-order chi connectivity index (χ1) is 18.4. The van der Waals surface area contributed by atoms with Crippen LogP contribution in [0.15, 0.2) is 46.9 Å². The van der Waals surface area contributed by atoms with Crippen molar-refractivity contribution >= 4 is 44.6 Å². The highest BCUT2D eigenvalue weighted by atomic mass is 16.5. The number of furan rings is 1. The first kappa shape index (κ1) is 27.7. The van der Waals surface area contributed by atoms with E-state index >= 15 is 0 Å². The monoisotopic (exact) mass is 520 g/mol. The zero-order chi connectivity index (χ0) is 27.1. The molecule has 204 valence electrons. The van der Waals surface area contributed by atoms with Crippen LogP contribution >= 0.6 is 0 Å². The molecule has 8 heteroatoms. The Bertz CT molecular complexity index is 1380. The smallest absolute Gasteiger partial charge is 0.261 e. The Morgan fingerprint density at radius 2 is 1.76 bits per heavy atom. The molecule has 2 aromatic heterocycles. The fourth-order valence-corrected chi connectivity index (χ4v) is 4.93. The van der Waals surface area contributed by atoms with Crippen molar-refractivity contribution in [1.29, 1.82) is 0 Å². The second kappa shape index (κ2) is 12.9. The SMILES string of the molecule is CCN(CC)CCCNc1c2ccccc2[n+](C)c2c1oc1ccc(OCC(=O)NCCCN(C)C)cc12. The van der Waals surface area contributed by atoms with E-state index in [1.165, 1.54) is 0 Å². The van der Waals surface area contributed by atoms with Crippen LogP contribution in [0.4, 0.5) is 5.69 Å². The maximum atomic E-state index is 12.3. The van der Waals surface area contributed by atoms with Crippen molar-refractivity contribution in [3.8, 4) is 5.75 Å². The number of carbonyl (C=O) groups is 1. The highest BCUT2D eigenvalue weighted by Crippen LogP contribution is 2.37. The highest BCUT2D eigenvalue weighted by molar-refractivity contribution is 6.11. The standard InChI is InChI=1S/C30H41N5O3/c1-6-35(7-2)19-11-17-32-28-23-12-8-9-13-25(23)34(5)29-24-20-22(14-15-26(24)38-30(28)29)37-21-27(36)31-16-10-18-33(3)4/h8-9,12-15,20H,6-7,10-11,16-19,21H2,1-5H3,(H,31,36)/p+1. The second-order valence-corrected chi connectivity index (χ2v) is 9.99. The largest absolute Gasteiger partial charge is 0.484 e. The molecule has 0 fully saturated rings. The van der Waals surface area contributed by atoms with Gasteiger partial charge in [-0.3, -0.25) is 4.79 Å². The fourth-order valence-electron chi connectivity index (χ4n) is 4.93. The maximum Gasteiger partial charge on any atom is 0.261 e. The average Bonchev–Trinajstić information content (AvgIpc) is 3.30. The van der Waals surface area contributed by atoms with E-state index in [-0.39, 0.29) is 12.5 Å². The zero-order valence-electron chi connectivity index (χ0n) is 23.5. The van der Waals surface area contributed by atoms with E-state index in [1.807, 2.05) is 32.3 Å². The molecular weight excluding hydrogens is 478 g/mol. The van der Waals surface area contributed by atoms with E-state index in [9.17, 15) is 4.79 Å². The van der Waals surface area contributed by atoms with Gasteiger partial charge in [-0.25, -0.2) is 0 Å². The topological polar surface area (TPSA) is 73.9 Å². The molecule has 0 unspecified atom stereocenters. The minimum absolute atomic E-state index is 0.0162. The summed E-state index contributed by atoms with van der Waals surface area (Å²) in [4.78, 5) is 16.8. The number of rotatable bonds is 14. The molecule has 0 radical (unpaired) electrons. The Morgan fingerprint density at radius 3 is 2.53 bits per heavy atom. The van der Waals surface area contributed by atoms with Crippen molar-refractivity contribution < 1.29 is 18.5 Å². The molecule has 4 aromatic rings. The highest BCUT2D eigenvalue weighted by Gasteiger charge is 2.25. The van der Waals surface area contributed by atoms with Gasteiger partial charge >= 0.3 is 0 Å². The summed E-state index contributed by atoms with van der Waals surface area (Å²) >= 11 is 0. The Kier molecular flexibility index (Phi) is 9.42. The molecule has 1 amide bonds. The molecule has 2 aromatic carbocycles. The van der Waals surface area contributed by atoms with Gasteiger partial charge in [-0.2, -0.15) is 4.57 Å². The van der Waals surface area contributed by atoms with Gasteiger partial charge in [-0.1, -0.05) is 26.0 Å². The number of hydrogen-bond donors (Lipinski definition) is 2. The summed E-state index contributed by atoms with van der Waals surface area (Å²) in [7, 11) is 6.12. The first-order valence-electron chi connectivity index (χ1n) is 13.7. The number of anilines is 1. The molecule has 2 N–H and O–H groups in total. The summed E-state index contributed by atoms with van der Waals surface area (Å²) in [6.45, 7) is 10.0. The number of nitrogens with zero attached hydrogens (tertiary/aromatic N) is 3. The van der Waals surface area contributed by atoms with Crippen molar-refractivity contribution in [2.45, 2.75) is 26.7 Å². The lowest BCUT2D eigenvalue weighted by molar-refractivity contribution is -0.616. The zero-order valence-corrected chi connectivity index (χ0v) is 23.5. The molecule has 0 bridgehead atoms. The number of aromatic nitrogens is 1. The Morgan fingerprint density at radius 1 is 1.00 bits per heavy atom. The number of benzene rings is 2. The van der Waals surface area contributed by atoms with Crippen LogP contribution in [-0.2, 0) is 11.8 Å². The van der Waals surface area contributed by atoms with E-state index in [4.69, 9.17) is 9.15 Å². The minimum Gasteiger partial charge on any atom is -0.484 e. The van der Waals surface area contributed by atoms with E-state index in [1.54, 1.807) is 0 Å². The molecule has 0 aliphatic rings. The molecule has 4 rings (SSSR count). The number of para-hydroxylation sites is 1. The lowest BCUT2D eigenvalue weighted by Gasteiger charge is -2.18. The van der Waals surface area contributed by atoms with E-state index in [0.717, 1.165) is 84.2 Å². The number of ether oxygens (including phenoxy) is 1. The van der Waals surface area contributed by atoms with E-state index in [0.29, 0.717) is 12.3 Å². The van der Waals surface area contributed by atoms with Gasteiger partial charge in [-0.05, 0) is 77.4 Å². The number of carbonyl (C=O) groups excluding carboxylic acids is 1. The molecule has 0 aliphatic carbocycles. The van der Waals surface area contributed by atoms with Crippen LogP contribution in [0.5, 0.6) is 5.75 Å². The molecular formula is C30H42N5O3+. The van der Waals surface area contributed by atoms with Gasteiger partial charge in [0.2, 0.25) is 11.1 Å². The fraction of sp³-hybridized carbons (Fsp3) is 0.467. The molecule has 0 saturated heterocycles. The number of hydrogen-bond acceptors (Lipinski definition) is 6. The second-order valence-electron chi connectivity index (χ2n) is 9.99. The van der Waals surface area contributed by atoms with Crippen LogP contribution in [0.2, 0.25) is 0 Å². The Balaban J connectivity index is 1.58. The van der Waals surface area contributed by atoms with Gasteiger partial charge in [0.25, 0.3) is 11.4 Å². The normalized spacial score (nSPS) is 11.8. The lowest BCUT2D eigenvalue weighted by Crippen LogP contribution is -2.31. The van der Waals surface area contributed by atoms with Gasteiger partial charge in [0.05, 0.1) is 16.5 Å². The summed E-state index contributed by atoms with van der Waals surface area (Å²) in [6, 6.07) is 14.2. The number of aryl methyl sites for hydroxylation is 1. The van der Waals surface area contributed by atoms with E-state index in [2.05, 4.69) is 70.2 Å². The Labute approximate surface area is 225 Å². The van der Waals surface area contributed by atoms with E-state index < -0.39 is 0 Å². The quantitative estimate of drug-likeness (QED) is 0.192. The van der Waals surface area contributed by atoms with Crippen LogP contribution in [0.1, 0.15) is 26.7 Å². The Hall–Kier alpha value is -3.36. The van der Waals surface area contributed by atoms with Crippen molar-refractivity contribution in [3.63, 3.8) is 0 Å². The summed E-state index contributed by atoms with van der Waals surface area (Å²) in [5.41, 5.74) is 4.77. The van der Waals surface area contributed by atoms with Crippen molar-refractivity contribution in [2.75, 3.05) is 65.3 Å². The number of pyridine rings is 1. The van der Waals surface area contributed by atoms with Gasteiger partial charge in [-0.15, -0.1) is 0 Å². The average molecular weight is 521 g/mol. The van der Waals surface area contributed by atoms with Gasteiger partial charge in [0.1, 0.15) is 18.4 Å². The summed E-state index contributed by atoms with van der Waals surface area (Å²) in [6.07, 6.45) is 1.95. The molecule has 0 spiro atoms. The first-order valence-corrected chi connectivity index (χ1v) is 13.7. The van der Waals surface area contributed by atoms with Crippen LogP contribution in [0.3, 0.4) is 0 Å². The van der Waals surface area contributed by atoms with Gasteiger partial charge < -0.3 is 29.6 Å². The van der Waals surface area contributed by atoms with Crippen LogP contribution < -0.4 is 19.9 Å². The third kappa shape index (κ3) is 6.37. The molecule has 38 heavy (non-hydrogen) atoms.